The van der Waals surface area contributed by atoms with Crippen LogP contribution in [0.5, 0.6) is 0 Å². The lowest BCUT2D eigenvalue weighted by molar-refractivity contribution is 0.602. The Hall–Kier alpha value is -4.52. The van der Waals surface area contributed by atoms with Gasteiger partial charge in [0.25, 0.3) is 5.56 Å². The van der Waals surface area contributed by atoms with Crippen LogP contribution < -0.4 is 10.5 Å². The van der Waals surface area contributed by atoms with Gasteiger partial charge in [-0.1, -0.05) is 18.2 Å². The van der Waals surface area contributed by atoms with Gasteiger partial charge in [-0.05, 0) is 37.1 Å². The zero-order valence-corrected chi connectivity index (χ0v) is 16.9. The first-order valence-corrected chi connectivity index (χ1v) is 10.3. The molecule has 0 unspecified atom stereocenters. The summed E-state index contributed by atoms with van der Waals surface area (Å²) in [6.07, 6.45) is 4.91. The molecule has 0 bridgehead atoms. The summed E-state index contributed by atoms with van der Waals surface area (Å²) < 4.78 is 3.30. The summed E-state index contributed by atoms with van der Waals surface area (Å²) in [6.45, 7) is 0.710. The Balaban J connectivity index is 1.59. The Bertz CT molecular complexity index is 1560. The number of hydrogen-bond donors (Lipinski definition) is 1. The Morgan fingerprint density at radius 2 is 2.00 bits per heavy atom. The van der Waals surface area contributed by atoms with Crippen LogP contribution in [-0.4, -0.2) is 40.9 Å². The monoisotopic (exact) mass is 423 g/mol. The van der Waals surface area contributed by atoms with E-state index in [2.05, 4.69) is 31.1 Å². The van der Waals surface area contributed by atoms with Gasteiger partial charge < -0.3 is 4.90 Å². The van der Waals surface area contributed by atoms with Crippen molar-refractivity contribution in [1.82, 2.24) is 34.3 Å². The average Bonchev–Trinajstić information content (AvgIpc) is 3.58. The van der Waals surface area contributed by atoms with Crippen molar-refractivity contribution in [3.63, 3.8) is 0 Å². The molecular formula is C22H17N9O. The lowest BCUT2D eigenvalue weighted by atomic mass is 10.1. The van der Waals surface area contributed by atoms with Gasteiger partial charge in [-0.15, -0.1) is 0 Å². The molecule has 0 radical (unpaired) electrons. The van der Waals surface area contributed by atoms with Gasteiger partial charge in [0.2, 0.25) is 0 Å². The van der Waals surface area contributed by atoms with Crippen LogP contribution in [0, 0.1) is 11.3 Å². The fraction of sp³-hybridized carbons (Fsp3) is 0.182. The second-order valence-electron chi connectivity index (χ2n) is 7.63. The number of nitrogens with zero attached hydrogens (tertiary/aromatic N) is 8. The van der Waals surface area contributed by atoms with Crippen LogP contribution >= 0.6 is 0 Å². The molecule has 1 atom stereocenters. The number of anilines is 1. The van der Waals surface area contributed by atoms with E-state index in [9.17, 15) is 10.1 Å². The van der Waals surface area contributed by atoms with Crippen molar-refractivity contribution in [3.8, 4) is 11.8 Å². The normalized spacial score (nSPS) is 16.1. The van der Waals surface area contributed by atoms with Gasteiger partial charge in [-0.2, -0.15) is 15.5 Å². The van der Waals surface area contributed by atoms with Crippen molar-refractivity contribution in [2.75, 3.05) is 11.4 Å². The van der Waals surface area contributed by atoms with E-state index >= 15 is 0 Å². The van der Waals surface area contributed by atoms with Gasteiger partial charge in [0.1, 0.15) is 29.4 Å². The number of aromatic nitrogens is 7. The molecule has 1 aliphatic heterocycles. The molecule has 1 aliphatic rings. The third-order valence-corrected chi connectivity index (χ3v) is 5.87. The van der Waals surface area contributed by atoms with Crippen LogP contribution in [0.3, 0.4) is 0 Å². The second-order valence-corrected chi connectivity index (χ2v) is 7.63. The lowest BCUT2D eigenvalue weighted by Crippen LogP contribution is -2.33. The Morgan fingerprint density at radius 1 is 1.12 bits per heavy atom. The molecule has 1 saturated heterocycles. The Kier molecular flexibility index (Phi) is 4.01. The van der Waals surface area contributed by atoms with E-state index in [1.54, 1.807) is 21.3 Å². The molecule has 4 aromatic heterocycles. The van der Waals surface area contributed by atoms with E-state index in [4.69, 9.17) is 5.10 Å². The highest BCUT2D eigenvalue weighted by Crippen LogP contribution is 2.37. The van der Waals surface area contributed by atoms with Gasteiger partial charge in [0.05, 0.1) is 17.1 Å². The zero-order valence-electron chi connectivity index (χ0n) is 16.9. The van der Waals surface area contributed by atoms with Gasteiger partial charge in [-0.3, -0.25) is 14.5 Å². The first kappa shape index (κ1) is 18.3. The van der Waals surface area contributed by atoms with Crippen molar-refractivity contribution in [2.45, 2.75) is 18.9 Å². The fourth-order valence-corrected chi connectivity index (χ4v) is 4.47. The van der Waals surface area contributed by atoms with E-state index in [-0.39, 0.29) is 11.6 Å². The number of benzene rings is 1. The maximum Gasteiger partial charge on any atom is 0.282 e. The van der Waals surface area contributed by atoms with Crippen LogP contribution in [0.25, 0.3) is 22.2 Å². The molecule has 0 aliphatic carbocycles. The molecular weight excluding hydrogens is 406 g/mol. The molecule has 10 nitrogen and oxygen atoms in total. The summed E-state index contributed by atoms with van der Waals surface area (Å²) in [5, 5.41) is 21.8. The number of para-hydroxylation sites is 1. The molecule has 1 N–H and O–H groups in total. The SMILES string of the molecule is N#Cc1[nH]nc2ncnc(N3CCC[C@H]3c3nn4cccc4c(=O)n3-c3ccccc3)c12. The third kappa shape index (κ3) is 2.61. The van der Waals surface area contributed by atoms with Crippen LogP contribution in [0.2, 0.25) is 0 Å². The molecule has 5 heterocycles. The molecule has 0 amide bonds. The van der Waals surface area contributed by atoms with Gasteiger partial charge in [-0.25, -0.2) is 14.5 Å². The van der Waals surface area contributed by atoms with Gasteiger partial charge in [0.15, 0.2) is 11.5 Å². The lowest BCUT2D eigenvalue weighted by Gasteiger charge is -2.27. The van der Waals surface area contributed by atoms with Crippen LogP contribution in [0.1, 0.15) is 30.4 Å². The maximum absolute atomic E-state index is 13.5. The molecule has 1 fully saturated rings. The highest BCUT2D eigenvalue weighted by Gasteiger charge is 2.34. The molecule has 5 aromatic rings. The van der Waals surface area contributed by atoms with Crippen molar-refractivity contribution in [1.29, 1.82) is 5.26 Å². The standard InChI is InChI=1S/C22H17N9O/c23-12-15-18-19(27-26-15)24-13-25-21(18)29-10-4-8-16(29)20-28-30-11-5-9-17(30)22(32)31(20)14-6-2-1-3-7-14/h1-3,5-7,9,11,13,16H,4,8,10H2,(H,24,25,26,27)/t16-/m0/s1. The number of nitriles is 1. The number of rotatable bonds is 3. The number of fused-ring (bicyclic) bond motifs is 2. The predicted octanol–water partition coefficient (Wildman–Crippen LogP) is 2.36. The minimum atomic E-state index is -0.214. The smallest absolute Gasteiger partial charge is 0.282 e. The van der Waals surface area contributed by atoms with Crippen LogP contribution in [0.4, 0.5) is 5.82 Å². The minimum Gasteiger partial charge on any atom is -0.346 e. The van der Waals surface area contributed by atoms with Crippen molar-refractivity contribution < 1.29 is 0 Å². The van der Waals surface area contributed by atoms with Crippen molar-refractivity contribution in [3.05, 3.63) is 76.9 Å². The first-order chi connectivity index (χ1) is 15.8. The summed E-state index contributed by atoms with van der Waals surface area (Å²) in [5.41, 5.74) is 1.88. The summed E-state index contributed by atoms with van der Waals surface area (Å²) in [5.74, 6) is 1.24. The molecule has 10 heteroatoms. The highest BCUT2D eigenvalue weighted by molar-refractivity contribution is 5.91. The predicted molar refractivity (Wildman–Crippen MR) is 117 cm³/mol. The van der Waals surface area contributed by atoms with E-state index in [1.807, 2.05) is 36.4 Å². The quantitative estimate of drug-likeness (QED) is 0.473. The fourth-order valence-electron chi connectivity index (χ4n) is 4.47. The molecule has 0 saturated carbocycles. The Labute approximate surface area is 181 Å². The number of hydrogen-bond acceptors (Lipinski definition) is 7. The van der Waals surface area contributed by atoms with Crippen LogP contribution in [-0.2, 0) is 0 Å². The highest BCUT2D eigenvalue weighted by atomic mass is 16.1. The summed E-state index contributed by atoms with van der Waals surface area (Å²) >= 11 is 0. The summed E-state index contributed by atoms with van der Waals surface area (Å²) in [6, 6.07) is 15.0. The molecule has 0 spiro atoms. The first-order valence-electron chi connectivity index (χ1n) is 10.3. The van der Waals surface area contributed by atoms with E-state index in [0.29, 0.717) is 40.4 Å². The number of H-pyrrole nitrogens is 1. The van der Waals surface area contributed by atoms with Crippen LogP contribution in [0.15, 0.2) is 59.8 Å². The van der Waals surface area contributed by atoms with Crippen molar-refractivity contribution in [2.24, 2.45) is 0 Å². The summed E-state index contributed by atoms with van der Waals surface area (Å²) in [4.78, 5) is 24.3. The molecule has 1 aromatic carbocycles. The van der Waals surface area contributed by atoms with Gasteiger partial charge in [0, 0.05) is 12.7 Å². The van der Waals surface area contributed by atoms with Crippen molar-refractivity contribution >= 4 is 22.4 Å². The maximum atomic E-state index is 13.5. The minimum absolute atomic E-state index is 0.132. The number of nitrogens with one attached hydrogen (secondary N) is 1. The van der Waals surface area contributed by atoms with E-state index in [1.165, 1.54) is 6.33 Å². The molecule has 32 heavy (non-hydrogen) atoms. The zero-order chi connectivity index (χ0) is 21.7. The second kappa shape index (κ2) is 7.02. The summed E-state index contributed by atoms with van der Waals surface area (Å²) in [7, 11) is 0. The third-order valence-electron chi connectivity index (χ3n) is 5.87. The van der Waals surface area contributed by atoms with E-state index < -0.39 is 0 Å². The molecule has 156 valence electrons. The number of aromatic amines is 1. The van der Waals surface area contributed by atoms with E-state index in [0.717, 1.165) is 18.5 Å². The van der Waals surface area contributed by atoms with Gasteiger partial charge >= 0.3 is 0 Å². The topological polar surface area (TPSA) is 121 Å². The largest absolute Gasteiger partial charge is 0.346 e. The Morgan fingerprint density at radius 3 is 2.84 bits per heavy atom. The molecule has 6 rings (SSSR count). The average molecular weight is 423 g/mol.